The van der Waals surface area contributed by atoms with E-state index in [4.69, 9.17) is 25.8 Å². The molecular weight excluding hydrogens is 423 g/mol. The van der Waals surface area contributed by atoms with Crippen LogP contribution >= 0.6 is 11.6 Å². The minimum Gasteiger partial charge on any atom is -0.493 e. The SMILES string of the molecule is COc1cc2ncnc(Nc3ccc(F)c(Cl)c3)c2cc1OCCCC1CNCCO1. The minimum atomic E-state index is -0.477. The molecule has 3 aromatic rings. The molecule has 0 aliphatic carbocycles. The summed E-state index contributed by atoms with van der Waals surface area (Å²) in [6.07, 6.45) is 3.46. The van der Waals surface area contributed by atoms with Crippen molar-refractivity contribution in [1.82, 2.24) is 15.3 Å². The first kappa shape index (κ1) is 21.5. The van der Waals surface area contributed by atoms with Crippen LogP contribution in [0.5, 0.6) is 11.5 Å². The van der Waals surface area contributed by atoms with Crippen LogP contribution in [0.4, 0.5) is 15.9 Å². The number of hydrogen-bond acceptors (Lipinski definition) is 7. The van der Waals surface area contributed by atoms with Crippen LogP contribution in [0.3, 0.4) is 0 Å². The number of nitrogens with zero attached hydrogens (tertiary/aromatic N) is 2. The molecule has 1 fully saturated rings. The molecule has 2 N–H and O–H groups in total. The average Bonchev–Trinajstić information content (AvgIpc) is 2.79. The number of nitrogens with one attached hydrogen (secondary N) is 2. The van der Waals surface area contributed by atoms with Gasteiger partial charge in [-0.3, -0.25) is 0 Å². The quantitative estimate of drug-likeness (QED) is 0.499. The summed E-state index contributed by atoms with van der Waals surface area (Å²) in [6, 6.07) is 8.06. The molecule has 2 heterocycles. The Morgan fingerprint density at radius 3 is 2.94 bits per heavy atom. The fourth-order valence-electron chi connectivity index (χ4n) is 3.44. The molecule has 0 radical (unpaired) electrons. The minimum absolute atomic E-state index is 0.0335. The summed E-state index contributed by atoms with van der Waals surface area (Å²) in [5.41, 5.74) is 1.31. The summed E-state index contributed by atoms with van der Waals surface area (Å²) < 4.78 is 30.7. The smallest absolute Gasteiger partial charge is 0.162 e. The van der Waals surface area contributed by atoms with Crippen LogP contribution in [0.1, 0.15) is 12.8 Å². The number of aromatic nitrogens is 2. The van der Waals surface area contributed by atoms with Crippen molar-refractivity contribution in [3.8, 4) is 11.5 Å². The van der Waals surface area contributed by atoms with Crippen molar-refractivity contribution in [2.75, 3.05) is 38.7 Å². The van der Waals surface area contributed by atoms with Crippen molar-refractivity contribution in [3.63, 3.8) is 0 Å². The third-order valence-corrected chi connectivity index (χ3v) is 5.33. The maximum atomic E-state index is 13.5. The third kappa shape index (κ3) is 5.33. The average molecular weight is 447 g/mol. The Morgan fingerprint density at radius 1 is 1.26 bits per heavy atom. The number of hydrogen-bond donors (Lipinski definition) is 2. The highest BCUT2D eigenvalue weighted by molar-refractivity contribution is 6.31. The molecule has 9 heteroatoms. The zero-order valence-corrected chi connectivity index (χ0v) is 17.9. The molecule has 0 spiro atoms. The zero-order chi connectivity index (χ0) is 21.6. The van der Waals surface area contributed by atoms with Crippen molar-refractivity contribution in [1.29, 1.82) is 0 Å². The van der Waals surface area contributed by atoms with E-state index in [1.54, 1.807) is 13.2 Å². The van der Waals surface area contributed by atoms with Crippen LogP contribution in [-0.2, 0) is 4.74 Å². The van der Waals surface area contributed by atoms with Gasteiger partial charge in [-0.1, -0.05) is 11.6 Å². The van der Waals surface area contributed by atoms with Crippen molar-refractivity contribution in [2.24, 2.45) is 0 Å². The monoisotopic (exact) mass is 446 g/mol. The maximum Gasteiger partial charge on any atom is 0.162 e. The zero-order valence-electron chi connectivity index (χ0n) is 17.2. The predicted molar refractivity (Wildman–Crippen MR) is 118 cm³/mol. The second-order valence-electron chi connectivity index (χ2n) is 7.18. The van der Waals surface area contributed by atoms with Crippen LogP contribution < -0.4 is 20.1 Å². The van der Waals surface area contributed by atoms with E-state index in [0.717, 1.165) is 37.9 Å². The Hall–Kier alpha value is -2.68. The van der Waals surface area contributed by atoms with Gasteiger partial charge in [0.1, 0.15) is 18.0 Å². The Kier molecular flexibility index (Phi) is 7.01. The van der Waals surface area contributed by atoms with E-state index < -0.39 is 5.82 Å². The van der Waals surface area contributed by atoms with Gasteiger partial charge in [0.2, 0.25) is 0 Å². The summed E-state index contributed by atoms with van der Waals surface area (Å²) in [5.74, 6) is 1.28. The lowest BCUT2D eigenvalue weighted by molar-refractivity contribution is 0.0203. The molecule has 31 heavy (non-hydrogen) atoms. The lowest BCUT2D eigenvalue weighted by atomic mass is 10.2. The molecule has 0 bridgehead atoms. The molecule has 1 saturated heterocycles. The van der Waals surface area contributed by atoms with Gasteiger partial charge < -0.3 is 24.8 Å². The van der Waals surface area contributed by atoms with Crippen molar-refractivity contribution in [3.05, 3.63) is 47.5 Å². The normalized spacial score (nSPS) is 16.3. The molecule has 2 aromatic carbocycles. The lowest BCUT2D eigenvalue weighted by Crippen LogP contribution is -2.38. The standard InChI is InChI=1S/C22H24ClFN4O3/c1-29-20-11-19-16(10-21(20)31-7-2-3-15-12-25-6-8-30-15)22(27-13-26-19)28-14-4-5-18(24)17(23)9-14/h4-5,9-11,13,15,25H,2-3,6-8,12H2,1H3,(H,26,27,28). The number of rotatable bonds is 8. The molecule has 0 saturated carbocycles. The van der Waals surface area contributed by atoms with Gasteiger partial charge >= 0.3 is 0 Å². The van der Waals surface area contributed by atoms with Gasteiger partial charge in [-0.15, -0.1) is 0 Å². The van der Waals surface area contributed by atoms with E-state index in [1.807, 2.05) is 12.1 Å². The molecule has 1 unspecified atom stereocenters. The number of halogens is 2. The summed E-state index contributed by atoms with van der Waals surface area (Å²) >= 11 is 5.89. The second kappa shape index (κ2) is 10.1. The fraction of sp³-hybridized carbons (Fsp3) is 0.364. The molecular formula is C22H24ClFN4O3. The molecule has 1 aliphatic heterocycles. The maximum absolute atomic E-state index is 13.5. The van der Waals surface area contributed by atoms with Gasteiger partial charge in [0.25, 0.3) is 0 Å². The summed E-state index contributed by atoms with van der Waals surface area (Å²) in [5, 5.41) is 7.28. The first-order valence-electron chi connectivity index (χ1n) is 10.1. The fourth-order valence-corrected chi connectivity index (χ4v) is 3.63. The van der Waals surface area contributed by atoms with Gasteiger partial charge in [-0.25, -0.2) is 14.4 Å². The van der Waals surface area contributed by atoms with Crippen LogP contribution in [0.25, 0.3) is 10.9 Å². The Morgan fingerprint density at radius 2 is 2.16 bits per heavy atom. The number of anilines is 2. The van der Waals surface area contributed by atoms with Crippen LogP contribution in [0.15, 0.2) is 36.7 Å². The molecule has 7 nitrogen and oxygen atoms in total. The summed E-state index contributed by atoms with van der Waals surface area (Å²) in [7, 11) is 1.59. The first-order chi connectivity index (χ1) is 15.1. The van der Waals surface area contributed by atoms with E-state index in [0.29, 0.717) is 35.1 Å². The molecule has 1 aliphatic rings. The Balaban J connectivity index is 1.51. The number of benzene rings is 2. The molecule has 4 rings (SSSR count). The van der Waals surface area contributed by atoms with Crippen LogP contribution in [0, 0.1) is 5.82 Å². The highest BCUT2D eigenvalue weighted by atomic mass is 35.5. The molecule has 1 atom stereocenters. The predicted octanol–water partition coefficient (Wildman–Crippen LogP) is 4.32. The largest absolute Gasteiger partial charge is 0.493 e. The second-order valence-corrected chi connectivity index (χ2v) is 7.59. The van der Waals surface area contributed by atoms with Gasteiger partial charge in [0, 0.05) is 30.2 Å². The number of morpholine rings is 1. The number of fused-ring (bicyclic) bond motifs is 1. The molecule has 0 amide bonds. The number of ether oxygens (including phenoxy) is 3. The van der Waals surface area contributed by atoms with Crippen LogP contribution in [-0.4, -0.2) is 49.5 Å². The van der Waals surface area contributed by atoms with E-state index in [9.17, 15) is 4.39 Å². The van der Waals surface area contributed by atoms with E-state index in [-0.39, 0.29) is 11.1 Å². The molecule has 164 valence electrons. The highest BCUT2D eigenvalue weighted by Crippen LogP contribution is 2.35. The van der Waals surface area contributed by atoms with Crippen molar-refractivity contribution < 1.29 is 18.6 Å². The number of methoxy groups -OCH3 is 1. The first-order valence-corrected chi connectivity index (χ1v) is 10.5. The van der Waals surface area contributed by atoms with Gasteiger partial charge in [-0.2, -0.15) is 0 Å². The van der Waals surface area contributed by atoms with Gasteiger partial charge in [0.15, 0.2) is 11.5 Å². The third-order valence-electron chi connectivity index (χ3n) is 5.04. The van der Waals surface area contributed by atoms with Crippen molar-refractivity contribution in [2.45, 2.75) is 18.9 Å². The molecule has 1 aromatic heterocycles. The van der Waals surface area contributed by atoms with E-state index in [2.05, 4.69) is 20.6 Å². The van der Waals surface area contributed by atoms with Crippen molar-refractivity contribution >= 4 is 34.0 Å². The lowest BCUT2D eigenvalue weighted by Gasteiger charge is -2.23. The van der Waals surface area contributed by atoms with Crippen LogP contribution in [0.2, 0.25) is 5.02 Å². The topological polar surface area (TPSA) is 77.5 Å². The van der Waals surface area contributed by atoms with Gasteiger partial charge in [0.05, 0.1) is 37.0 Å². The summed E-state index contributed by atoms with van der Waals surface area (Å²) in [6.45, 7) is 3.06. The highest BCUT2D eigenvalue weighted by Gasteiger charge is 2.15. The van der Waals surface area contributed by atoms with E-state index in [1.165, 1.54) is 18.5 Å². The van der Waals surface area contributed by atoms with Gasteiger partial charge in [-0.05, 0) is 37.1 Å². The van der Waals surface area contributed by atoms with E-state index >= 15 is 0 Å². The Bertz CT molecular complexity index is 1050. The Labute approximate surface area is 184 Å². The summed E-state index contributed by atoms with van der Waals surface area (Å²) in [4.78, 5) is 8.66.